The molecule has 8 nitrogen and oxygen atoms in total. The van der Waals surface area contributed by atoms with Crippen LogP contribution in [0.15, 0.2) is 30.5 Å². The molecule has 0 saturated heterocycles. The molecule has 1 amide bonds. The fourth-order valence-electron chi connectivity index (χ4n) is 2.40. The number of amides is 1. The van der Waals surface area contributed by atoms with Gasteiger partial charge in [-0.2, -0.15) is 0 Å². The number of hydrogen-bond acceptors (Lipinski definition) is 5. The number of non-ortho nitro benzene ring substituents is 1. The average molecular weight is 331 g/mol. The number of pyridine rings is 1. The quantitative estimate of drug-likeness (QED) is 0.593. The Hall–Kier alpha value is -3.03. The normalized spacial score (nSPS) is 11.9. The number of carboxylic acid groups (broad SMARTS) is 1. The average Bonchev–Trinajstić information content (AvgIpc) is 2.56. The van der Waals surface area contributed by atoms with Crippen molar-refractivity contribution in [1.82, 2.24) is 10.3 Å². The maximum Gasteiger partial charge on any atom is 0.326 e. The number of aromatic nitrogens is 1. The van der Waals surface area contributed by atoms with Crippen molar-refractivity contribution < 1.29 is 19.6 Å². The van der Waals surface area contributed by atoms with Crippen molar-refractivity contribution in [3.05, 3.63) is 46.1 Å². The van der Waals surface area contributed by atoms with Crippen molar-refractivity contribution in [3.8, 4) is 0 Å². The van der Waals surface area contributed by atoms with Crippen molar-refractivity contribution in [2.45, 2.75) is 32.2 Å². The summed E-state index contributed by atoms with van der Waals surface area (Å²) >= 11 is 0. The van der Waals surface area contributed by atoms with Gasteiger partial charge in [-0.3, -0.25) is 19.9 Å². The highest BCUT2D eigenvalue weighted by Crippen LogP contribution is 2.26. The van der Waals surface area contributed by atoms with E-state index in [0.29, 0.717) is 12.8 Å². The number of aliphatic carboxylic acids is 1. The van der Waals surface area contributed by atoms with Crippen LogP contribution in [0.3, 0.4) is 0 Å². The number of fused-ring (bicyclic) bond motifs is 1. The molecule has 0 aliphatic rings. The lowest BCUT2D eigenvalue weighted by Crippen LogP contribution is -2.40. The van der Waals surface area contributed by atoms with E-state index in [1.54, 1.807) is 0 Å². The summed E-state index contributed by atoms with van der Waals surface area (Å²) in [6, 6.07) is 4.55. The zero-order chi connectivity index (χ0) is 17.7. The van der Waals surface area contributed by atoms with Crippen molar-refractivity contribution in [1.29, 1.82) is 0 Å². The molecule has 1 atom stereocenters. The topological polar surface area (TPSA) is 122 Å². The molecule has 24 heavy (non-hydrogen) atoms. The maximum absolute atomic E-state index is 12.4. The van der Waals surface area contributed by atoms with Crippen LogP contribution in [0.4, 0.5) is 5.69 Å². The highest BCUT2D eigenvalue weighted by Gasteiger charge is 2.23. The predicted octanol–water partition coefficient (Wildman–Crippen LogP) is 2.52. The van der Waals surface area contributed by atoms with Gasteiger partial charge >= 0.3 is 5.97 Å². The first-order valence-electron chi connectivity index (χ1n) is 7.51. The third-order valence-electron chi connectivity index (χ3n) is 3.64. The first-order chi connectivity index (χ1) is 11.5. The lowest BCUT2D eigenvalue weighted by Gasteiger charge is -2.14. The molecule has 0 saturated carbocycles. The van der Waals surface area contributed by atoms with Gasteiger partial charge in [0.15, 0.2) is 0 Å². The summed E-state index contributed by atoms with van der Waals surface area (Å²) in [5.74, 6) is -1.73. The molecular formula is C16H17N3O5. The zero-order valence-electron chi connectivity index (χ0n) is 13.1. The molecule has 8 heteroatoms. The van der Waals surface area contributed by atoms with Crippen molar-refractivity contribution >= 4 is 28.5 Å². The van der Waals surface area contributed by atoms with Crippen LogP contribution in [0.25, 0.3) is 10.9 Å². The van der Waals surface area contributed by atoms with E-state index in [-0.39, 0.29) is 22.2 Å². The van der Waals surface area contributed by atoms with Crippen LogP contribution in [-0.4, -0.2) is 32.9 Å². The first-order valence-corrected chi connectivity index (χ1v) is 7.51. The van der Waals surface area contributed by atoms with E-state index in [2.05, 4.69) is 10.3 Å². The van der Waals surface area contributed by atoms with Gasteiger partial charge in [-0.25, -0.2) is 4.79 Å². The van der Waals surface area contributed by atoms with E-state index in [1.807, 2.05) is 6.92 Å². The fourth-order valence-corrected chi connectivity index (χ4v) is 2.40. The van der Waals surface area contributed by atoms with Crippen LogP contribution in [0.5, 0.6) is 0 Å². The molecule has 0 spiro atoms. The Kier molecular flexibility index (Phi) is 5.41. The molecule has 0 aliphatic carbocycles. The molecule has 0 unspecified atom stereocenters. The second kappa shape index (κ2) is 7.49. The Morgan fingerprint density at radius 1 is 1.38 bits per heavy atom. The van der Waals surface area contributed by atoms with Crippen LogP contribution in [0, 0.1) is 10.1 Å². The van der Waals surface area contributed by atoms with Crippen molar-refractivity contribution in [2.24, 2.45) is 0 Å². The molecule has 2 rings (SSSR count). The number of unbranched alkanes of at least 4 members (excludes halogenated alkanes) is 1. The standard InChI is InChI=1S/C16H17N3O5/c1-2-3-6-12(16(21)22)18-15(20)11-7-8-13(19(23)24)10-5-4-9-17-14(10)11/h4-5,7-9,12H,2-3,6H2,1H3,(H,18,20)(H,21,22)/t12-/m0/s1. The third-order valence-corrected chi connectivity index (χ3v) is 3.64. The molecule has 1 aromatic heterocycles. The minimum atomic E-state index is -1.11. The summed E-state index contributed by atoms with van der Waals surface area (Å²) < 4.78 is 0. The molecule has 1 aromatic carbocycles. The van der Waals surface area contributed by atoms with Crippen LogP contribution in [-0.2, 0) is 4.79 Å². The number of rotatable bonds is 7. The minimum Gasteiger partial charge on any atom is -0.480 e. The summed E-state index contributed by atoms with van der Waals surface area (Å²) in [6.07, 6.45) is 3.21. The van der Waals surface area contributed by atoms with Gasteiger partial charge in [0, 0.05) is 12.3 Å². The summed E-state index contributed by atoms with van der Waals surface area (Å²) in [4.78, 5) is 38.3. The van der Waals surface area contributed by atoms with Gasteiger partial charge in [0.25, 0.3) is 11.6 Å². The molecule has 0 fully saturated rings. The third kappa shape index (κ3) is 3.65. The molecule has 0 aliphatic heterocycles. The Balaban J connectivity index is 2.38. The van der Waals surface area contributed by atoms with Gasteiger partial charge in [-0.15, -0.1) is 0 Å². The van der Waals surface area contributed by atoms with Gasteiger partial charge < -0.3 is 10.4 Å². The minimum absolute atomic E-state index is 0.110. The molecule has 0 radical (unpaired) electrons. The number of nitrogens with zero attached hydrogens (tertiary/aromatic N) is 2. The van der Waals surface area contributed by atoms with E-state index in [9.17, 15) is 24.8 Å². The van der Waals surface area contributed by atoms with Gasteiger partial charge in [-0.05, 0) is 24.6 Å². The highest BCUT2D eigenvalue weighted by atomic mass is 16.6. The van der Waals surface area contributed by atoms with Gasteiger partial charge in [0.05, 0.1) is 21.4 Å². The Morgan fingerprint density at radius 2 is 2.12 bits per heavy atom. The lowest BCUT2D eigenvalue weighted by atomic mass is 10.1. The smallest absolute Gasteiger partial charge is 0.326 e. The Morgan fingerprint density at radius 3 is 2.75 bits per heavy atom. The largest absolute Gasteiger partial charge is 0.480 e. The van der Waals surface area contributed by atoms with Crippen LogP contribution in [0.2, 0.25) is 0 Å². The monoisotopic (exact) mass is 331 g/mol. The second-order valence-corrected chi connectivity index (χ2v) is 5.30. The Labute approximate surface area is 137 Å². The van der Waals surface area contributed by atoms with Crippen LogP contribution >= 0.6 is 0 Å². The molecule has 126 valence electrons. The molecule has 2 aromatic rings. The number of hydrogen-bond donors (Lipinski definition) is 2. The molecular weight excluding hydrogens is 314 g/mol. The SMILES string of the molecule is CCCC[C@H](NC(=O)c1ccc([N+](=O)[O-])c2cccnc12)C(=O)O. The van der Waals surface area contributed by atoms with Gasteiger partial charge in [0.1, 0.15) is 6.04 Å². The van der Waals surface area contributed by atoms with Crippen molar-refractivity contribution in [2.75, 3.05) is 0 Å². The van der Waals surface area contributed by atoms with E-state index in [1.165, 1.54) is 30.5 Å². The van der Waals surface area contributed by atoms with E-state index in [4.69, 9.17) is 0 Å². The molecule has 1 heterocycles. The maximum atomic E-state index is 12.4. The summed E-state index contributed by atoms with van der Waals surface area (Å²) in [7, 11) is 0. The summed E-state index contributed by atoms with van der Waals surface area (Å²) in [6.45, 7) is 1.93. The highest BCUT2D eigenvalue weighted by molar-refractivity contribution is 6.08. The van der Waals surface area contributed by atoms with E-state index < -0.39 is 22.8 Å². The molecule has 2 N–H and O–H groups in total. The van der Waals surface area contributed by atoms with Crippen LogP contribution in [0.1, 0.15) is 36.5 Å². The number of nitro benzene ring substituents is 1. The van der Waals surface area contributed by atoms with E-state index >= 15 is 0 Å². The van der Waals surface area contributed by atoms with Crippen LogP contribution < -0.4 is 5.32 Å². The van der Waals surface area contributed by atoms with Gasteiger partial charge in [0.2, 0.25) is 0 Å². The predicted molar refractivity (Wildman–Crippen MR) is 86.8 cm³/mol. The number of carbonyl (C=O) groups excluding carboxylic acids is 1. The number of benzene rings is 1. The zero-order valence-corrected chi connectivity index (χ0v) is 13.1. The fraction of sp³-hybridized carbons (Fsp3) is 0.312. The summed E-state index contributed by atoms with van der Waals surface area (Å²) in [5.41, 5.74) is 0.123. The number of carboxylic acids is 1. The van der Waals surface area contributed by atoms with Crippen molar-refractivity contribution in [3.63, 3.8) is 0 Å². The second-order valence-electron chi connectivity index (χ2n) is 5.30. The van der Waals surface area contributed by atoms with E-state index in [0.717, 1.165) is 6.42 Å². The lowest BCUT2D eigenvalue weighted by molar-refractivity contribution is -0.383. The number of carbonyl (C=O) groups is 2. The van der Waals surface area contributed by atoms with Gasteiger partial charge in [-0.1, -0.05) is 19.8 Å². The molecule has 0 bridgehead atoms. The summed E-state index contributed by atoms with van der Waals surface area (Å²) in [5, 5.41) is 23.0. The number of nitrogens with one attached hydrogen (secondary N) is 1. The number of nitro groups is 1. The Bertz CT molecular complexity index is 790. The first kappa shape index (κ1) is 17.3.